The number of hydrogen-bond donors (Lipinski definition) is 1. The fraction of sp³-hybridized carbons (Fsp3) is 0.353. The Morgan fingerprint density at radius 3 is 2.92 bits per heavy atom. The summed E-state index contributed by atoms with van der Waals surface area (Å²) < 4.78 is 6.08. The van der Waals surface area contributed by atoms with E-state index in [9.17, 15) is 4.79 Å². The molecule has 0 radical (unpaired) electrons. The molecule has 2 heterocycles. The third kappa shape index (κ3) is 5.37. The van der Waals surface area contributed by atoms with E-state index in [0.29, 0.717) is 23.3 Å². The summed E-state index contributed by atoms with van der Waals surface area (Å²) in [5, 5.41) is 15.3. The van der Waals surface area contributed by atoms with Crippen LogP contribution >= 0.6 is 23.1 Å². The molecule has 0 aliphatic carbocycles. The van der Waals surface area contributed by atoms with Gasteiger partial charge >= 0.3 is 0 Å². The molecule has 3 rings (SSSR count). The zero-order valence-electron chi connectivity index (χ0n) is 14.3. The molecule has 0 unspecified atom stereocenters. The van der Waals surface area contributed by atoms with Crippen LogP contribution in [0.5, 0.6) is 0 Å². The first kappa shape index (κ1) is 18.5. The van der Waals surface area contributed by atoms with Crippen LogP contribution in [0.2, 0.25) is 0 Å². The fourth-order valence-electron chi connectivity index (χ4n) is 2.09. The number of amides is 1. The van der Waals surface area contributed by atoms with Gasteiger partial charge in [0, 0.05) is 24.2 Å². The number of thioether (sulfide) groups is 1. The van der Waals surface area contributed by atoms with Gasteiger partial charge in [-0.2, -0.15) is 4.98 Å². The van der Waals surface area contributed by atoms with E-state index in [0.717, 1.165) is 28.5 Å². The van der Waals surface area contributed by atoms with E-state index in [4.69, 9.17) is 4.52 Å². The largest absolute Gasteiger partial charge is 0.339 e. The van der Waals surface area contributed by atoms with Crippen molar-refractivity contribution in [2.75, 3.05) is 11.1 Å². The summed E-state index contributed by atoms with van der Waals surface area (Å²) in [4.78, 5) is 16.4. The quantitative estimate of drug-likeness (QED) is 0.335. The molecule has 26 heavy (non-hydrogen) atoms. The lowest BCUT2D eigenvalue weighted by Gasteiger charge is -1.98. The van der Waals surface area contributed by atoms with Crippen molar-refractivity contribution in [3.8, 4) is 11.4 Å². The molecule has 3 aromatic rings. The molecule has 1 N–H and O–H groups in total. The van der Waals surface area contributed by atoms with Crippen molar-refractivity contribution in [2.24, 2.45) is 0 Å². The van der Waals surface area contributed by atoms with Gasteiger partial charge in [0.15, 0.2) is 4.34 Å². The van der Waals surface area contributed by atoms with Crippen molar-refractivity contribution in [3.05, 3.63) is 36.2 Å². The van der Waals surface area contributed by atoms with Crippen molar-refractivity contribution < 1.29 is 9.32 Å². The second-order valence-corrected chi connectivity index (χ2v) is 7.82. The first-order chi connectivity index (χ1) is 12.7. The highest BCUT2D eigenvalue weighted by molar-refractivity contribution is 8.01. The molecule has 0 spiro atoms. The molecule has 0 atom stereocenters. The number of carbonyl (C=O) groups excluding carboxylic acids is 1. The molecule has 1 aromatic carbocycles. The van der Waals surface area contributed by atoms with Gasteiger partial charge in [0.2, 0.25) is 22.8 Å². The summed E-state index contributed by atoms with van der Waals surface area (Å²) in [7, 11) is 0. The van der Waals surface area contributed by atoms with E-state index in [1.54, 1.807) is 11.8 Å². The Hall–Kier alpha value is -2.26. The normalized spacial score (nSPS) is 10.8. The van der Waals surface area contributed by atoms with Gasteiger partial charge in [0.25, 0.3) is 0 Å². The van der Waals surface area contributed by atoms with Crippen molar-refractivity contribution in [2.45, 2.75) is 36.9 Å². The first-order valence-electron chi connectivity index (χ1n) is 8.38. The Balaban J connectivity index is 1.46. The third-order valence-corrected chi connectivity index (χ3v) is 5.50. The molecule has 9 heteroatoms. The lowest BCUT2D eigenvalue weighted by Crippen LogP contribution is -2.12. The molecule has 2 aromatic heterocycles. The van der Waals surface area contributed by atoms with Gasteiger partial charge in [-0.25, -0.2) is 0 Å². The lowest BCUT2D eigenvalue weighted by molar-refractivity contribution is -0.116. The number of nitrogens with one attached hydrogen (secondary N) is 1. The Labute approximate surface area is 159 Å². The maximum Gasteiger partial charge on any atom is 0.227 e. The topological polar surface area (TPSA) is 93.8 Å². The Morgan fingerprint density at radius 2 is 2.12 bits per heavy atom. The highest BCUT2D eigenvalue weighted by atomic mass is 32.2. The predicted octanol–water partition coefficient (Wildman–Crippen LogP) is 4.05. The van der Waals surface area contributed by atoms with E-state index in [1.165, 1.54) is 11.3 Å². The first-order valence-corrected chi connectivity index (χ1v) is 10.2. The van der Waals surface area contributed by atoms with E-state index >= 15 is 0 Å². The number of aromatic nitrogens is 4. The second kappa shape index (κ2) is 9.44. The number of hydrogen-bond acceptors (Lipinski definition) is 8. The average molecular weight is 390 g/mol. The fourth-order valence-corrected chi connectivity index (χ4v) is 4.01. The van der Waals surface area contributed by atoms with Crippen LogP contribution in [0.15, 0.2) is 39.2 Å². The van der Waals surface area contributed by atoms with Gasteiger partial charge in [-0.05, 0) is 6.42 Å². The molecular formula is C17H19N5O2S2. The van der Waals surface area contributed by atoms with Crippen molar-refractivity contribution in [3.63, 3.8) is 0 Å². The third-order valence-electron chi connectivity index (χ3n) is 3.44. The molecule has 0 fully saturated rings. The van der Waals surface area contributed by atoms with Crippen molar-refractivity contribution in [1.29, 1.82) is 0 Å². The minimum absolute atomic E-state index is 0.147. The number of unbranched alkanes of at least 4 members (excludes halogenated alkanes) is 1. The SMILES string of the molecule is CCCCSc1nnc(NC(=O)CCc2nc(-c3ccccc3)no2)s1. The summed E-state index contributed by atoms with van der Waals surface area (Å²) in [6.45, 7) is 2.15. The van der Waals surface area contributed by atoms with Crippen LogP contribution in [0.4, 0.5) is 5.13 Å². The lowest BCUT2D eigenvalue weighted by atomic mass is 10.2. The molecule has 0 aliphatic heterocycles. The summed E-state index contributed by atoms with van der Waals surface area (Å²) >= 11 is 3.06. The van der Waals surface area contributed by atoms with Gasteiger partial charge in [0.1, 0.15) is 0 Å². The van der Waals surface area contributed by atoms with Crippen LogP contribution < -0.4 is 5.32 Å². The Kier molecular flexibility index (Phi) is 6.73. The molecule has 0 bridgehead atoms. The van der Waals surface area contributed by atoms with Crippen molar-refractivity contribution >= 4 is 34.1 Å². The smallest absolute Gasteiger partial charge is 0.227 e. The summed E-state index contributed by atoms with van der Waals surface area (Å²) in [6.07, 6.45) is 2.91. The molecule has 136 valence electrons. The predicted molar refractivity (Wildman–Crippen MR) is 102 cm³/mol. The standard InChI is InChI=1S/C17H19N5O2S2/c1-2-3-11-25-17-21-20-16(26-17)18-13(23)9-10-14-19-15(22-24-14)12-7-5-4-6-8-12/h4-8H,2-3,9-11H2,1H3,(H,18,20,23). The van der Waals surface area contributed by atoms with Crippen molar-refractivity contribution in [1.82, 2.24) is 20.3 Å². The molecule has 7 nitrogen and oxygen atoms in total. The maximum absolute atomic E-state index is 12.1. The maximum atomic E-state index is 12.1. The number of nitrogens with zero attached hydrogens (tertiary/aromatic N) is 4. The van der Waals surface area contributed by atoms with Crippen LogP contribution in [-0.4, -0.2) is 32.0 Å². The Bertz CT molecular complexity index is 835. The number of anilines is 1. The van der Waals surface area contributed by atoms with Crippen LogP contribution in [0.1, 0.15) is 32.1 Å². The summed E-state index contributed by atoms with van der Waals surface area (Å²) in [6, 6.07) is 9.57. The van der Waals surface area contributed by atoms with Gasteiger partial charge in [-0.15, -0.1) is 10.2 Å². The van der Waals surface area contributed by atoms with E-state index in [2.05, 4.69) is 32.6 Å². The number of rotatable bonds is 9. The molecule has 0 saturated carbocycles. The number of benzene rings is 1. The second-order valence-electron chi connectivity index (χ2n) is 5.50. The molecule has 0 saturated heterocycles. The summed E-state index contributed by atoms with van der Waals surface area (Å²) in [5.41, 5.74) is 0.883. The van der Waals surface area contributed by atoms with Gasteiger partial charge < -0.3 is 9.84 Å². The molecule has 1 amide bonds. The van der Waals surface area contributed by atoms with E-state index in [1.807, 2.05) is 30.3 Å². The highest BCUT2D eigenvalue weighted by Crippen LogP contribution is 2.26. The number of carbonyl (C=O) groups is 1. The van der Waals surface area contributed by atoms with Gasteiger partial charge in [-0.3, -0.25) is 4.79 Å². The van der Waals surface area contributed by atoms with Crippen LogP contribution in [0.25, 0.3) is 11.4 Å². The molecule has 0 aliphatic rings. The molecular weight excluding hydrogens is 370 g/mol. The highest BCUT2D eigenvalue weighted by Gasteiger charge is 2.12. The average Bonchev–Trinajstić information content (AvgIpc) is 3.31. The number of aryl methyl sites for hydroxylation is 1. The zero-order chi connectivity index (χ0) is 18.2. The van der Waals surface area contributed by atoms with Crippen LogP contribution in [-0.2, 0) is 11.2 Å². The van der Waals surface area contributed by atoms with Gasteiger partial charge in [0.05, 0.1) is 0 Å². The van der Waals surface area contributed by atoms with Crippen LogP contribution in [0, 0.1) is 0 Å². The minimum Gasteiger partial charge on any atom is -0.339 e. The monoisotopic (exact) mass is 389 g/mol. The zero-order valence-corrected chi connectivity index (χ0v) is 16.0. The van der Waals surface area contributed by atoms with E-state index in [-0.39, 0.29) is 12.3 Å². The minimum atomic E-state index is -0.147. The van der Waals surface area contributed by atoms with E-state index < -0.39 is 0 Å². The van der Waals surface area contributed by atoms with Crippen LogP contribution in [0.3, 0.4) is 0 Å². The Morgan fingerprint density at radius 1 is 1.27 bits per heavy atom. The summed E-state index contributed by atoms with van der Waals surface area (Å²) in [5.74, 6) is 1.83. The van der Waals surface area contributed by atoms with Gasteiger partial charge in [-0.1, -0.05) is 71.9 Å².